The summed E-state index contributed by atoms with van der Waals surface area (Å²) in [6.07, 6.45) is 5.12. The largest absolute Gasteiger partial charge is 0.493 e. The number of anilines is 1. The number of methoxy groups -OCH3 is 1. The molecule has 0 bridgehead atoms. The van der Waals surface area contributed by atoms with Crippen LogP contribution in [0.25, 0.3) is 6.08 Å². The van der Waals surface area contributed by atoms with Crippen LogP contribution in [0.15, 0.2) is 41.3 Å². The number of rotatable bonds is 10. The van der Waals surface area contributed by atoms with E-state index in [1.54, 1.807) is 31.2 Å². The van der Waals surface area contributed by atoms with Gasteiger partial charge >= 0.3 is 5.97 Å². The van der Waals surface area contributed by atoms with Crippen molar-refractivity contribution in [3.05, 3.63) is 77.0 Å². The molecule has 0 spiro atoms. The summed E-state index contributed by atoms with van der Waals surface area (Å²) >= 11 is 10.2. The summed E-state index contributed by atoms with van der Waals surface area (Å²) in [7, 11) is 1.52. The number of esters is 1. The molecule has 0 atom stereocenters. The minimum absolute atomic E-state index is 0.175. The lowest BCUT2D eigenvalue weighted by Crippen LogP contribution is -2.36. The van der Waals surface area contributed by atoms with E-state index in [0.29, 0.717) is 39.3 Å². The zero-order valence-electron chi connectivity index (χ0n) is 23.9. The standard InChI is InChI=1S/C31H28ClIN2O7S2/c1-3-41-30(38)26-20-6-4-5-7-23(20)43-28(26)34-25(36)15-35-29(37)24(44-31(35)39)14-18-12-21(33)27(22(13-18)40-2)42-16-17-8-10-19(32)11-9-17/h8-14H,3-7,15-16H2,1-2H3,(H,34,36). The van der Waals surface area contributed by atoms with Gasteiger partial charge in [-0.05, 0) is 114 Å². The minimum Gasteiger partial charge on any atom is -0.493 e. The van der Waals surface area contributed by atoms with Gasteiger partial charge in [0.1, 0.15) is 18.2 Å². The molecule has 3 amide bonds. The molecule has 3 aromatic rings. The average Bonchev–Trinajstić information content (AvgIpc) is 3.48. The molecule has 1 fully saturated rings. The van der Waals surface area contributed by atoms with E-state index < -0.39 is 29.6 Å². The summed E-state index contributed by atoms with van der Waals surface area (Å²) in [6, 6.07) is 10.9. The number of thiophene rings is 1. The number of carbonyl (C=O) groups excluding carboxylic acids is 4. The van der Waals surface area contributed by atoms with Crippen LogP contribution in [0.1, 0.15) is 51.7 Å². The molecule has 0 radical (unpaired) electrons. The van der Waals surface area contributed by atoms with Crippen LogP contribution in [0.5, 0.6) is 11.5 Å². The Bertz CT molecular complexity index is 1660. The topological polar surface area (TPSA) is 111 Å². The second-order valence-electron chi connectivity index (χ2n) is 9.90. The molecule has 2 heterocycles. The van der Waals surface area contributed by atoms with Gasteiger partial charge in [-0.25, -0.2) is 4.79 Å². The quantitative estimate of drug-likeness (QED) is 0.130. The smallest absolute Gasteiger partial charge is 0.341 e. The summed E-state index contributed by atoms with van der Waals surface area (Å²) in [5, 5.41) is 3.23. The van der Waals surface area contributed by atoms with E-state index in [9.17, 15) is 19.2 Å². The van der Waals surface area contributed by atoms with Crippen molar-refractivity contribution in [1.82, 2.24) is 4.90 Å². The van der Waals surface area contributed by atoms with Gasteiger partial charge in [-0.2, -0.15) is 0 Å². The fourth-order valence-corrected chi connectivity index (χ4v) is 7.91. The van der Waals surface area contributed by atoms with Crippen molar-refractivity contribution in [3.8, 4) is 11.5 Å². The third kappa shape index (κ3) is 7.24. The van der Waals surface area contributed by atoms with Gasteiger partial charge in [0.25, 0.3) is 11.1 Å². The van der Waals surface area contributed by atoms with E-state index in [1.165, 1.54) is 18.4 Å². The van der Waals surface area contributed by atoms with Crippen LogP contribution < -0.4 is 14.8 Å². The number of amides is 3. The molecule has 2 aromatic carbocycles. The molecule has 1 saturated heterocycles. The molecule has 9 nitrogen and oxygen atoms in total. The Morgan fingerprint density at radius 3 is 2.61 bits per heavy atom. The van der Waals surface area contributed by atoms with Crippen LogP contribution in [-0.4, -0.2) is 48.2 Å². The molecule has 0 saturated carbocycles. The highest BCUT2D eigenvalue weighted by molar-refractivity contribution is 14.1. The van der Waals surface area contributed by atoms with Crippen molar-refractivity contribution in [1.29, 1.82) is 0 Å². The van der Waals surface area contributed by atoms with Crippen LogP contribution in [0.3, 0.4) is 0 Å². The lowest BCUT2D eigenvalue weighted by molar-refractivity contribution is -0.127. The van der Waals surface area contributed by atoms with Gasteiger partial charge in [0.2, 0.25) is 5.91 Å². The Morgan fingerprint density at radius 2 is 1.89 bits per heavy atom. The third-order valence-electron chi connectivity index (χ3n) is 6.93. The number of ether oxygens (including phenoxy) is 3. The number of hydrogen-bond acceptors (Lipinski definition) is 9. The number of carbonyl (C=O) groups is 4. The Labute approximate surface area is 281 Å². The fraction of sp³-hybridized carbons (Fsp3) is 0.290. The predicted molar refractivity (Wildman–Crippen MR) is 180 cm³/mol. The predicted octanol–water partition coefficient (Wildman–Crippen LogP) is 7.32. The maximum Gasteiger partial charge on any atom is 0.341 e. The highest BCUT2D eigenvalue weighted by Crippen LogP contribution is 2.40. The van der Waals surface area contributed by atoms with Gasteiger partial charge in [-0.15, -0.1) is 11.3 Å². The molecule has 1 N–H and O–H groups in total. The summed E-state index contributed by atoms with van der Waals surface area (Å²) in [4.78, 5) is 53.9. The molecule has 1 aromatic heterocycles. The number of imide groups is 1. The number of nitrogens with one attached hydrogen (secondary N) is 1. The summed E-state index contributed by atoms with van der Waals surface area (Å²) in [5.41, 5.74) is 2.85. The Kier molecular flexibility index (Phi) is 10.5. The second-order valence-corrected chi connectivity index (χ2v) is 13.6. The fourth-order valence-electron chi connectivity index (χ4n) is 4.87. The van der Waals surface area contributed by atoms with Gasteiger partial charge in [0.05, 0.1) is 27.8 Å². The van der Waals surface area contributed by atoms with E-state index >= 15 is 0 Å². The molecule has 13 heteroatoms. The number of halogens is 2. The van der Waals surface area contributed by atoms with Crippen LogP contribution in [-0.2, 0) is 33.8 Å². The lowest BCUT2D eigenvalue weighted by Gasteiger charge is -2.14. The first-order valence-corrected chi connectivity index (χ1v) is 16.9. The van der Waals surface area contributed by atoms with Crippen molar-refractivity contribution in [3.63, 3.8) is 0 Å². The van der Waals surface area contributed by atoms with Gasteiger partial charge in [-0.3, -0.25) is 19.3 Å². The van der Waals surface area contributed by atoms with E-state index in [1.807, 2.05) is 18.2 Å². The highest BCUT2D eigenvalue weighted by atomic mass is 127. The molecular weight excluding hydrogens is 739 g/mol. The highest BCUT2D eigenvalue weighted by Gasteiger charge is 2.37. The van der Waals surface area contributed by atoms with Crippen molar-refractivity contribution >= 4 is 91.4 Å². The normalized spacial score (nSPS) is 15.4. The molecule has 1 aliphatic heterocycles. The zero-order valence-corrected chi connectivity index (χ0v) is 28.4. The summed E-state index contributed by atoms with van der Waals surface area (Å²) < 4.78 is 17.6. The van der Waals surface area contributed by atoms with Crippen LogP contribution >= 0.6 is 57.3 Å². The molecule has 2 aliphatic rings. The number of nitrogens with zero attached hydrogens (tertiary/aromatic N) is 1. The summed E-state index contributed by atoms with van der Waals surface area (Å²) in [5.74, 6) is -0.628. The van der Waals surface area contributed by atoms with E-state index in [0.717, 1.165) is 61.9 Å². The molecule has 1 aliphatic carbocycles. The van der Waals surface area contributed by atoms with Gasteiger partial charge in [0.15, 0.2) is 11.5 Å². The van der Waals surface area contributed by atoms with Crippen molar-refractivity contribution in [2.45, 2.75) is 39.2 Å². The Morgan fingerprint density at radius 1 is 1.14 bits per heavy atom. The Balaban J connectivity index is 1.29. The lowest BCUT2D eigenvalue weighted by atomic mass is 9.95. The minimum atomic E-state index is -0.580. The molecule has 5 rings (SSSR count). The van der Waals surface area contributed by atoms with E-state index in [-0.39, 0.29) is 11.5 Å². The average molecular weight is 767 g/mol. The number of benzene rings is 2. The van der Waals surface area contributed by atoms with Crippen LogP contribution in [0.4, 0.5) is 9.80 Å². The Hall–Kier alpha value is -3.07. The molecule has 44 heavy (non-hydrogen) atoms. The second kappa shape index (κ2) is 14.4. The third-order valence-corrected chi connectivity index (χ3v) is 10.1. The summed E-state index contributed by atoms with van der Waals surface area (Å²) in [6.45, 7) is 1.76. The first-order valence-electron chi connectivity index (χ1n) is 13.8. The first kappa shape index (κ1) is 32.3. The number of fused-ring (bicyclic) bond motifs is 1. The van der Waals surface area contributed by atoms with Crippen molar-refractivity contribution < 1.29 is 33.4 Å². The van der Waals surface area contributed by atoms with E-state index in [4.69, 9.17) is 25.8 Å². The molecule has 230 valence electrons. The van der Waals surface area contributed by atoms with Crippen LogP contribution in [0.2, 0.25) is 5.02 Å². The number of aryl methyl sites for hydroxylation is 1. The van der Waals surface area contributed by atoms with Crippen molar-refractivity contribution in [2.24, 2.45) is 0 Å². The zero-order chi connectivity index (χ0) is 31.4. The molecular formula is C31H28ClIN2O7S2. The number of hydrogen-bond donors (Lipinski definition) is 1. The maximum absolute atomic E-state index is 13.2. The van der Waals surface area contributed by atoms with Gasteiger partial charge < -0.3 is 19.5 Å². The van der Waals surface area contributed by atoms with E-state index in [2.05, 4.69) is 27.9 Å². The SMILES string of the molecule is CCOC(=O)c1c(NC(=O)CN2C(=O)SC(=Cc3cc(I)c(OCc4ccc(Cl)cc4)c(OC)c3)C2=O)sc2c1CCCC2. The number of thioether (sulfide) groups is 1. The van der Waals surface area contributed by atoms with Crippen molar-refractivity contribution in [2.75, 3.05) is 25.6 Å². The monoisotopic (exact) mass is 766 g/mol. The van der Waals surface area contributed by atoms with Crippen LogP contribution in [0, 0.1) is 3.57 Å². The first-order chi connectivity index (χ1) is 21.2. The maximum atomic E-state index is 13.2. The van der Waals surface area contributed by atoms with Gasteiger partial charge in [0, 0.05) is 9.90 Å². The van der Waals surface area contributed by atoms with Gasteiger partial charge in [-0.1, -0.05) is 23.7 Å². The molecule has 0 unspecified atom stereocenters.